The van der Waals surface area contributed by atoms with Crippen molar-refractivity contribution in [3.05, 3.63) is 42.0 Å². The lowest BCUT2D eigenvalue weighted by Crippen LogP contribution is -2.35. The van der Waals surface area contributed by atoms with Gasteiger partial charge in [0.05, 0.1) is 0 Å². The van der Waals surface area contributed by atoms with Gasteiger partial charge in [-0.25, -0.2) is 0 Å². The Balaban J connectivity index is 1.94. The van der Waals surface area contributed by atoms with Crippen LogP contribution in [0, 0.1) is 0 Å². The van der Waals surface area contributed by atoms with Crippen LogP contribution in [0.3, 0.4) is 0 Å². The SMILES string of the molecule is O=C(c1ccc2c(O)cccc2c1)N1CCCCC1. The Morgan fingerprint density at radius 3 is 2.63 bits per heavy atom. The predicted molar refractivity (Wildman–Crippen MR) is 75.4 cm³/mol. The molecule has 2 aromatic carbocycles. The molecule has 1 aliphatic rings. The third kappa shape index (κ3) is 2.28. The van der Waals surface area contributed by atoms with E-state index in [-0.39, 0.29) is 11.7 Å². The number of hydrogen-bond acceptors (Lipinski definition) is 2. The number of fused-ring (bicyclic) bond motifs is 1. The fourth-order valence-corrected chi connectivity index (χ4v) is 2.68. The molecule has 0 unspecified atom stereocenters. The largest absolute Gasteiger partial charge is 0.507 e. The first-order chi connectivity index (χ1) is 9.25. The van der Waals surface area contributed by atoms with Crippen molar-refractivity contribution in [3.8, 4) is 5.75 Å². The lowest BCUT2D eigenvalue weighted by atomic mass is 10.0. The van der Waals surface area contributed by atoms with E-state index in [9.17, 15) is 9.90 Å². The molecule has 0 aliphatic carbocycles. The molecule has 1 heterocycles. The second-order valence-corrected chi connectivity index (χ2v) is 5.07. The number of hydrogen-bond donors (Lipinski definition) is 1. The summed E-state index contributed by atoms with van der Waals surface area (Å²) in [6, 6.07) is 10.9. The first-order valence-corrected chi connectivity index (χ1v) is 6.77. The number of phenolic OH excluding ortho intramolecular Hbond substituents is 1. The van der Waals surface area contributed by atoms with Gasteiger partial charge in [0.2, 0.25) is 0 Å². The number of amides is 1. The Labute approximate surface area is 112 Å². The molecule has 2 aromatic rings. The monoisotopic (exact) mass is 255 g/mol. The number of carbonyl (C=O) groups is 1. The molecular weight excluding hydrogens is 238 g/mol. The van der Waals surface area contributed by atoms with Gasteiger partial charge in [0.1, 0.15) is 5.75 Å². The topological polar surface area (TPSA) is 40.5 Å². The van der Waals surface area contributed by atoms with Crippen molar-refractivity contribution in [2.75, 3.05) is 13.1 Å². The molecule has 1 amide bonds. The Bertz CT molecular complexity index is 615. The standard InChI is InChI=1S/C16H17NO2/c18-15-6-4-5-12-11-13(7-8-14(12)15)16(19)17-9-2-1-3-10-17/h4-8,11,18H,1-3,9-10H2. The van der Waals surface area contributed by atoms with E-state index in [2.05, 4.69) is 0 Å². The Hall–Kier alpha value is -2.03. The molecule has 0 atom stereocenters. The smallest absolute Gasteiger partial charge is 0.253 e. The maximum atomic E-state index is 12.4. The highest BCUT2D eigenvalue weighted by molar-refractivity contribution is 5.99. The van der Waals surface area contributed by atoms with Crippen LogP contribution in [0.5, 0.6) is 5.75 Å². The molecule has 0 aromatic heterocycles. The van der Waals surface area contributed by atoms with E-state index in [1.165, 1.54) is 6.42 Å². The van der Waals surface area contributed by atoms with Gasteiger partial charge >= 0.3 is 0 Å². The van der Waals surface area contributed by atoms with Crippen LogP contribution in [0.4, 0.5) is 0 Å². The van der Waals surface area contributed by atoms with Gasteiger partial charge in [-0.05, 0) is 48.9 Å². The van der Waals surface area contributed by atoms with Crippen molar-refractivity contribution >= 4 is 16.7 Å². The summed E-state index contributed by atoms with van der Waals surface area (Å²) in [6.45, 7) is 1.72. The van der Waals surface area contributed by atoms with E-state index in [1.54, 1.807) is 18.2 Å². The summed E-state index contributed by atoms with van der Waals surface area (Å²) < 4.78 is 0. The summed E-state index contributed by atoms with van der Waals surface area (Å²) in [4.78, 5) is 14.3. The minimum Gasteiger partial charge on any atom is -0.507 e. The number of phenols is 1. The average Bonchev–Trinajstić information content (AvgIpc) is 2.47. The lowest BCUT2D eigenvalue weighted by molar-refractivity contribution is 0.0724. The van der Waals surface area contributed by atoms with Gasteiger partial charge in [0.25, 0.3) is 5.91 Å². The van der Waals surface area contributed by atoms with Crippen molar-refractivity contribution in [2.24, 2.45) is 0 Å². The minimum atomic E-state index is 0.102. The van der Waals surface area contributed by atoms with Crippen LogP contribution in [-0.2, 0) is 0 Å². The summed E-state index contributed by atoms with van der Waals surface area (Å²) >= 11 is 0. The van der Waals surface area contributed by atoms with Gasteiger partial charge in [0, 0.05) is 24.0 Å². The first-order valence-electron chi connectivity index (χ1n) is 6.77. The van der Waals surface area contributed by atoms with Gasteiger partial charge in [0.15, 0.2) is 0 Å². The molecule has 0 bridgehead atoms. The van der Waals surface area contributed by atoms with Crippen LogP contribution in [0.1, 0.15) is 29.6 Å². The number of rotatable bonds is 1. The number of likely N-dealkylation sites (tertiary alicyclic amines) is 1. The number of nitrogens with zero attached hydrogens (tertiary/aromatic N) is 1. The molecule has 0 spiro atoms. The van der Waals surface area contributed by atoms with Crippen LogP contribution >= 0.6 is 0 Å². The van der Waals surface area contributed by atoms with Gasteiger partial charge in [-0.15, -0.1) is 0 Å². The minimum absolute atomic E-state index is 0.102. The molecule has 3 heteroatoms. The predicted octanol–water partition coefficient (Wildman–Crippen LogP) is 3.17. The van der Waals surface area contributed by atoms with Crippen LogP contribution in [0.15, 0.2) is 36.4 Å². The van der Waals surface area contributed by atoms with Gasteiger partial charge in [-0.3, -0.25) is 4.79 Å². The van der Waals surface area contributed by atoms with Crippen LogP contribution in [0.2, 0.25) is 0 Å². The summed E-state index contributed by atoms with van der Waals surface area (Å²) in [7, 11) is 0. The molecule has 98 valence electrons. The normalized spacial score (nSPS) is 15.7. The highest BCUT2D eigenvalue weighted by atomic mass is 16.3. The third-order valence-corrected chi connectivity index (χ3v) is 3.75. The van der Waals surface area contributed by atoms with E-state index in [1.807, 2.05) is 23.1 Å². The van der Waals surface area contributed by atoms with E-state index >= 15 is 0 Å². The highest BCUT2D eigenvalue weighted by Gasteiger charge is 2.18. The molecule has 1 saturated heterocycles. The van der Waals surface area contributed by atoms with E-state index in [0.29, 0.717) is 5.56 Å². The molecule has 3 nitrogen and oxygen atoms in total. The summed E-state index contributed by atoms with van der Waals surface area (Å²) in [6.07, 6.45) is 3.41. The summed E-state index contributed by atoms with van der Waals surface area (Å²) in [5.74, 6) is 0.361. The molecule has 19 heavy (non-hydrogen) atoms. The van der Waals surface area contributed by atoms with Crippen molar-refractivity contribution < 1.29 is 9.90 Å². The Morgan fingerprint density at radius 1 is 1.05 bits per heavy atom. The number of carbonyl (C=O) groups excluding carboxylic acids is 1. The molecule has 0 radical (unpaired) electrons. The molecule has 0 saturated carbocycles. The number of benzene rings is 2. The molecular formula is C16H17NO2. The van der Waals surface area contributed by atoms with Crippen molar-refractivity contribution in [2.45, 2.75) is 19.3 Å². The quantitative estimate of drug-likeness (QED) is 0.850. The zero-order valence-corrected chi connectivity index (χ0v) is 10.8. The molecule has 3 rings (SSSR count). The maximum Gasteiger partial charge on any atom is 0.253 e. The molecule has 1 N–H and O–H groups in total. The second-order valence-electron chi connectivity index (χ2n) is 5.07. The van der Waals surface area contributed by atoms with E-state index in [4.69, 9.17) is 0 Å². The van der Waals surface area contributed by atoms with Crippen molar-refractivity contribution in [3.63, 3.8) is 0 Å². The van der Waals surface area contributed by atoms with Gasteiger partial charge in [-0.2, -0.15) is 0 Å². The van der Waals surface area contributed by atoms with Crippen molar-refractivity contribution in [1.82, 2.24) is 4.90 Å². The van der Waals surface area contributed by atoms with Crippen LogP contribution < -0.4 is 0 Å². The number of aromatic hydroxyl groups is 1. The third-order valence-electron chi connectivity index (χ3n) is 3.75. The Morgan fingerprint density at radius 2 is 1.84 bits per heavy atom. The van der Waals surface area contributed by atoms with Crippen LogP contribution in [-0.4, -0.2) is 29.0 Å². The summed E-state index contributed by atoms with van der Waals surface area (Å²) in [5, 5.41) is 11.4. The maximum absolute atomic E-state index is 12.4. The average molecular weight is 255 g/mol. The van der Waals surface area contributed by atoms with Gasteiger partial charge in [-0.1, -0.05) is 12.1 Å². The van der Waals surface area contributed by atoms with Gasteiger partial charge < -0.3 is 10.0 Å². The highest BCUT2D eigenvalue weighted by Crippen LogP contribution is 2.25. The Kier molecular flexibility index (Phi) is 3.11. The van der Waals surface area contributed by atoms with E-state index in [0.717, 1.165) is 36.7 Å². The van der Waals surface area contributed by atoms with Crippen molar-refractivity contribution in [1.29, 1.82) is 0 Å². The van der Waals surface area contributed by atoms with Crippen LogP contribution in [0.25, 0.3) is 10.8 Å². The summed E-state index contributed by atoms with van der Waals surface area (Å²) in [5.41, 5.74) is 0.708. The second kappa shape index (κ2) is 4.92. The fourth-order valence-electron chi connectivity index (χ4n) is 2.68. The zero-order valence-electron chi connectivity index (χ0n) is 10.8. The molecule has 1 fully saturated rings. The van der Waals surface area contributed by atoms with E-state index < -0.39 is 0 Å². The zero-order chi connectivity index (χ0) is 13.2. The first kappa shape index (κ1) is 12.0. The molecule has 1 aliphatic heterocycles. The lowest BCUT2D eigenvalue weighted by Gasteiger charge is -2.26. The number of piperidine rings is 1. The fraction of sp³-hybridized carbons (Fsp3) is 0.312.